The van der Waals surface area contributed by atoms with Gasteiger partial charge in [-0.05, 0) is 72.8 Å². The van der Waals surface area contributed by atoms with Crippen molar-refractivity contribution in [2.24, 2.45) is 0 Å². The number of anilines is 2. The minimum Gasteiger partial charge on any atom is -0.497 e. The summed E-state index contributed by atoms with van der Waals surface area (Å²) in [6.45, 7) is 0. The average Bonchev–Trinajstić information content (AvgIpc) is 3.01. The Hall–Kier alpha value is -5.09. The van der Waals surface area contributed by atoms with Crippen molar-refractivity contribution in [3.05, 3.63) is 120 Å². The number of hydrogen-bond donors (Lipinski definition) is 3. The smallest absolute Gasteiger partial charge is 0.272 e. The summed E-state index contributed by atoms with van der Waals surface area (Å²) in [7, 11) is 3.03. The van der Waals surface area contributed by atoms with Crippen molar-refractivity contribution in [3.8, 4) is 11.5 Å². The molecule has 3 amide bonds. The number of rotatable bonds is 11. The third-order valence-electron chi connectivity index (χ3n) is 5.86. The lowest BCUT2D eigenvalue weighted by Gasteiger charge is -2.13. The third-order valence-corrected chi connectivity index (χ3v) is 6.85. The van der Waals surface area contributed by atoms with Crippen LogP contribution in [0.15, 0.2) is 108 Å². The van der Waals surface area contributed by atoms with Crippen LogP contribution < -0.4 is 25.4 Å². The largest absolute Gasteiger partial charge is 0.497 e. The summed E-state index contributed by atoms with van der Waals surface area (Å²) >= 11 is 1.27. The molecule has 4 aromatic carbocycles. The maximum atomic E-state index is 13.5. The van der Waals surface area contributed by atoms with Crippen LogP contribution in [0.2, 0.25) is 0 Å². The summed E-state index contributed by atoms with van der Waals surface area (Å²) in [5.41, 5.74) is 1.88. The summed E-state index contributed by atoms with van der Waals surface area (Å²) in [5, 5.41) is 8.23. The van der Waals surface area contributed by atoms with E-state index in [1.807, 2.05) is 6.07 Å². The Labute approximate surface area is 246 Å². The van der Waals surface area contributed by atoms with Crippen molar-refractivity contribution in [1.29, 1.82) is 0 Å². The van der Waals surface area contributed by atoms with Crippen LogP contribution in [0.4, 0.5) is 15.8 Å². The predicted molar refractivity (Wildman–Crippen MR) is 162 cm³/mol. The second-order valence-electron chi connectivity index (χ2n) is 8.81. The zero-order valence-corrected chi connectivity index (χ0v) is 23.7. The van der Waals surface area contributed by atoms with Crippen LogP contribution >= 0.6 is 11.8 Å². The van der Waals surface area contributed by atoms with Gasteiger partial charge in [0.25, 0.3) is 11.8 Å². The van der Waals surface area contributed by atoms with E-state index in [1.54, 1.807) is 66.7 Å². The molecule has 4 rings (SSSR count). The van der Waals surface area contributed by atoms with Gasteiger partial charge in [0.05, 0.1) is 20.0 Å². The molecular weight excluding hydrogens is 557 g/mol. The van der Waals surface area contributed by atoms with Crippen LogP contribution in [0.3, 0.4) is 0 Å². The van der Waals surface area contributed by atoms with Gasteiger partial charge in [-0.2, -0.15) is 0 Å². The Morgan fingerprint density at radius 2 is 1.57 bits per heavy atom. The van der Waals surface area contributed by atoms with Crippen LogP contribution in [0.5, 0.6) is 11.5 Å². The first-order valence-electron chi connectivity index (χ1n) is 12.7. The molecule has 0 atom stereocenters. The second kappa shape index (κ2) is 14.5. The molecule has 0 aromatic heterocycles. The molecule has 0 saturated carbocycles. The minimum atomic E-state index is -0.562. The molecule has 0 saturated heterocycles. The van der Waals surface area contributed by atoms with E-state index >= 15 is 0 Å². The maximum Gasteiger partial charge on any atom is 0.272 e. The molecule has 0 radical (unpaired) electrons. The lowest BCUT2D eigenvalue weighted by atomic mass is 10.1. The monoisotopic (exact) mass is 585 g/mol. The van der Waals surface area contributed by atoms with Crippen molar-refractivity contribution in [2.75, 3.05) is 30.6 Å². The molecule has 4 aromatic rings. The molecule has 3 N–H and O–H groups in total. The number of methoxy groups -OCH3 is 2. The molecule has 0 aliphatic carbocycles. The molecule has 10 heteroatoms. The number of hydrogen-bond acceptors (Lipinski definition) is 6. The number of carbonyl (C=O) groups excluding carboxylic acids is 3. The molecule has 0 aliphatic rings. The average molecular weight is 586 g/mol. The highest BCUT2D eigenvalue weighted by Crippen LogP contribution is 2.27. The predicted octanol–water partition coefficient (Wildman–Crippen LogP) is 5.98. The highest BCUT2D eigenvalue weighted by atomic mass is 32.2. The van der Waals surface area contributed by atoms with E-state index in [9.17, 15) is 18.8 Å². The van der Waals surface area contributed by atoms with E-state index in [4.69, 9.17) is 9.47 Å². The molecule has 0 unspecified atom stereocenters. The fraction of sp³-hybridized carbons (Fsp3) is 0.0938. The normalized spacial score (nSPS) is 10.9. The first-order valence-corrected chi connectivity index (χ1v) is 13.7. The molecule has 42 heavy (non-hydrogen) atoms. The van der Waals surface area contributed by atoms with Crippen molar-refractivity contribution < 1.29 is 28.2 Å². The third kappa shape index (κ3) is 8.45. The minimum absolute atomic E-state index is 0.0101. The zero-order valence-electron chi connectivity index (χ0n) is 22.8. The van der Waals surface area contributed by atoms with Gasteiger partial charge in [0.1, 0.15) is 23.0 Å². The molecule has 0 bridgehead atoms. The van der Waals surface area contributed by atoms with Crippen molar-refractivity contribution in [2.45, 2.75) is 4.90 Å². The topological polar surface area (TPSA) is 106 Å². The van der Waals surface area contributed by atoms with E-state index in [0.717, 1.165) is 4.90 Å². The van der Waals surface area contributed by atoms with Gasteiger partial charge in [-0.15, -0.1) is 11.8 Å². The summed E-state index contributed by atoms with van der Waals surface area (Å²) < 4.78 is 23.8. The number of thioether (sulfide) groups is 1. The molecule has 214 valence electrons. The van der Waals surface area contributed by atoms with Gasteiger partial charge in [0.2, 0.25) is 5.91 Å². The Bertz CT molecular complexity index is 1590. The van der Waals surface area contributed by atoms with Crippen molar-refractivity contribution in [1.82, 2.24) is 5.32 Å². The Kier molecular flexibility index (Phi) is 10.3. The first-order chi connectivity index (χ1) is 20.3. The van der Waals surface area contributed by atoms with E-state index < -0.39 is 11.8 Å². The van der Waals surface area contributed by atoms with Crippen LogP contribution in [0, 0.1) is 5.82 Å². The van der Waals surface area contributed by atoms with Crippen LogP contribution in [0.1, 0.15) is 15.9 Å². The van der Waals surface area contributed by atoms with Crippen LogP contribution in [-0.4, -0.2) is 37.7 Å². The lowest BCUT2D eigenvalue weighted by Crippen LogP contribution is -2.30. The van der Waals surface area contributed by atoms with Crippen LogP contribution in [0.25, 0.3) is 6.08 Å². The number of ether oxygens (including phenoxy) is 2. The van der Waals surface area contributed by atoms with Gasteiger partial charge in [-0.25, -0.2) is 4.39 Å². The van der Waals surface area contributed by atoms with E-state index in [2.05, 4.69) is 16.0 Å². The fourth-order valence-electron chi connectivity index (χ4n) is 3.78. The van der Waals surface area contributed by atoms with Crippen LogP contribution in [-0.2, 0) is 9.59 Å². The van der Waals surface area contributed by atoms with Gasteiger partial charge in [0, 0.05) is 33.5 Å². The number of halogens is 1. The second-order valence-corrected chi connectivity index (χ2v) is 9.86. The van der Waals surface area contributed by atoms with Gasteiger partial charge >= 0.3 is 0 Å². The summed E-state index contributed by atoms with van der Waals surface area (Å²) in [6.07, 6.45) is 1.52. The molecule has 0 aliphatic heterocycles. The SMILES string of the molecule is COc1ccc(/C=C(/NC(=O)c2ccccc2)C(=O)Nc2cccc(SCC(=O)Nc3ccc(F)cc3)c2)c(OC)c1. The maximum absolute atomic E-state index is 13.5. The van der Waals surface area contributed by atoms with Gasteiger partial charge in [-0.1, -0.05) is 24.3 Å². The van der Waals surface area contributed by atoms with Gasteiger partial charge < -0.3 is 25.4 Å². The van der Waals surface area contributed by atoms with Crippen molar-refractivity contribution in [3.63, 3.8) is 0 Å². The summed E-state index contributed by atoms with van der Waals surface area (Å²) in [5.74, 6) is -0.542. The molecule has 0 heterocycles. The molecular formula is C32H28FN3O5S. The quantitative estimate of drug-likeness (QED) is 0.148. The Morgan fingerprint density at radius 1 is 0.810 bits per heavy atom. The zero-order chi connectivity index (χ0) is 29.9. The molecule has 8 nitrogen and oxygen atoms in total. The number of amides is 3. The summed E-state index contributed by atoms with van der Waals surface area (Å²) in [6, 6.07) is 26.1. The highest BCUT2D eigenvalue weighted by molar-refractivity contribution is 8.00. The number of benzene rings is 4. The number of nitrogens with one attached hydrogen (secondary N) is 3. The van der Waals surface area contributed by atoms with Crippen molar-refractivity contribution >= 4 is 46.9 Å². The first kappa shape index (κ1) is 29.9. The Morgan fingerprint density at radius 3 is 2.29 bits per heavy atom. The standard InChI is InChI=1S/C32H28FN3O5S/c1-40-26-16-11-22(29(19-26)41-2)17-28(36-31(38)21-7-4-3-5-8-21)32(39)35-25-9-6-10-27(18-25)42-20-30(37)34-24-14-12-23(33)13-15-24/h3-19H,20H2,1-2H3,(H,34,37)(H,35,39)(H,36,38)/b28-17+. The van der Waals surface area contributed by atoms with Gasteiger partial charge in [0.15, 0.2) is 0 Å². The highest BCUT2D eigenvalue weighted by Gasteiger charge is 2.17. The molecule has 0 fully saturated rings. The lowest BCUT2D eigenvalue weighted by molar-refractivity contribution is -0.114. The summed E-state index contributed by atoms with van der Waals surface area (Å²) in [4.78, 5) is 39.5. The van der Waals surface area contributed by atoms with E-state index in [-0.39, 0.29) is 23.2 Å². The van der Waals surface area contributed by atoms with Gasteiger partial charge in [-0.3, -0.25) is 14.4 Å². The number of carbonyl (C=O) groups is 3. The Balaban J connectivity index is 1.50. The van der Waals surface area contributed by atoms with E-state index in [1.165, 1.54) is 56.3 Å². The van der Waals surface area contributed by atoms with E-state index in [0.29, 0.717) is 34.0 Å². The molecule has 0 spiro atoms. The fourth-order valence-corrected chi connectivity index (χ4v) is 4.53.